The fourth-order valence-electron chi connectivity index (χ4n) is 3.57. The van der Waals surface area contributed by atoms with Crippen LogP contribution in [0, 0.1) is 5.82 Å². The van der Waals surface area contributed by atoms with Gasteiger partial charge in [0.1, 0.15) is 12.4 Å². The molecule has 3 rings (SSSR count). The Kier molecular flexibility index (Phi) is 7.41. The molecule has 0 aliphatic carbocycles. The molecule has 1 aliphatic rings. The topological polar surface area (TPSA) is 63.6 Å². The van der Waals surface area contributed by atoms with Gasteiger partial charge >= 0.3 is 0 Å². The highest BCUT2D eigenvalue weighted by molar-refractivity contribution is 5.75. The third kappa shape index (κ3) is 6.15. The van der Waals surface area contributed by atoms with Crippen molar-refractivity contribution < 1.29 is 13.9 Å². The number of methoxy groups -OCH3 is 1. The number of nitrogens with zero attached hydrogens (tertiary/aromatic N) is 2. The summed E-state index contributed by atoms with van der Waals surface area (Å²) in [5, 5.41) is 2.85. The lowest BCUT2D eigenvalue weighted by Crippen LogP contribution is -2.31. The third-order valence-corrected chi connectivity index (χ3v) is 5.20. The molecule has 2 aromatic rings. The summed E-state index contributed by atoms with van der Waals surface area (Å²) in [6, 6.07) is 7.59. The molecular formula is C22H28FN3O3. The highest BCUT2D eigenvalue weighted by Crippen LogP contribution is 2.14. The molecule has 1 fully saturated rings. The van der Waals surface area contributed by atoms with Crippen LogP contribution in [-0.4, -0.2) is 35.6 Å². The Morgan fingerprint density at radius 1 is 1.14 bits per heavy atom. The van der Waals surface area contributed by atoms with Gasteiger partial charge in [-0.15, -0.1) is 0 Å². The van der Waals surface area contributed by atoms with Crippen molar-refractivity contribution in [2.45, 2.75) is 45.3 Å². The molecule has 0 bridgehead atoms. The molecule has 1 aromatic heterocycles. The van der Waals surface area contributed by atoms with E-state index in [0.717, 1.165) is 37.2 Å². The average Bonchev–Trinajstić information content (AvgIpc) is 2.98. The van der Waals surface area contributed by atoms with Crippen LogP contribution in [0.4, 0.5) is 4.39 Å². The molecular weight excluding hydrogens is 373 g/mol. The molecule has 0 saturated carbocycles. The summed E-state index contributed by atoms with van der Waals surface area (Å²) in [6.45, 7) is 3.03. The first-order valence-corrected chi connectivity index (χ1v) is 10.1. The standard InChI is InChI=1S/C22H28FN3O3/c1-29-21-15-26(16-22(28)24-13-17-6-8-18(23)9-7-17)19(12-20(21)27)14-25-10-4-2-3-5-11-25/h6-9,12,15H,2-5,10-11,13-14,16H2,1H3,(H,24,28). The Hall–Kier alpha value is -2.67. The summed E-state index contributed by atoms with van der Waals surface area (Å²) < 4.78 is 19.9. The highest BCUT2D eigenvalue weighted by Gasteiger charge is 2.15. The van der Waals surface area contributed by atoms with Crippen LogP contribution >= 0.6 is 0 Å². The Morgan fingerprint density at radius 2 is 1.83 bits per heavy atom. The zero-order valence-electron chi connectivity index (χ0n) is 16.8. The van der Waals surface area contributed by atoms with E-state index in [2.05, 4.69) is 10.2 Å². The third-order valence-electron chi connectivity index (χ3n) is 5.20. The van der Waals surface area contributed by atoms with E-state index in [1.165, 1.54) is 32.1 Å². The zero-order chi connectivity index (χ0) is 20.6. The SMILES string of the molecule is COc1cn(CC(=O)NCc2ccc(F)cc2)c(CN2CCCCCC2)cc1=O. The van der Waals surface area contributed by atoms with E-state index in [1.807, 2.05) is 0 Å². The van der Waals surface area contributed by atoms with E-state index in [9.17, 15) is 14.0 Å². The number of ether oxygens (including phenoxy) is 1. The molecule has 2 heterocycles. The van der Waals surface area contributed by atoms with Gasteiger partial charge in [-0.3, -0.25) is 14.5 Å². The molecule has 156 valence electrons. The van der Waals surface area contributed by atoms with Crippen molar-refractivity contribution in [1.82, 2.24) is 14.8 Å². The minimum Gasteiger partial charge on any atom is -0.491 e. The minimum absolute atomic E-state index is 0.0843. The number of pyridine rings is 1. The van der Waals surface area contributed by atoms with Gasteiger partial charge in [0.2, 0.25) is 11.3 Å². The smallest absolute Gasteiger partial charge is 0.240 e. The number of carbonyl (C=O) groups is 1. The minimum atomic E-state index is -0.307. The Balaban J connectivity index is 1.70. The lowest BCUT2D eigenvalue weighted by atomic mass is 10.2. The van der Waals surface area contributed by atoms with Crippen LogP contribution in [0.15, 0.2) is 41.3 Å². The maximum absolute atomic E-state index is 13.0. The van der Waals surface area contributed by atoms with Crippen LogP contribution in [0.25, 0.3) is 0 Å². The maximum atomic E-state index is 13.0. The van der Waals surface area contributed by atoms with Gasteiger partial charge in [0, 0.05) is 24.8 Å². The molecule has 1 aliphatic heterocycles. The lowest BCUT2D eigenvalue weighted by Gasteiger charge is -2.23. The monoisotopic (exact) mass is 401 g/mol. The molecule has 0 atom stereocenters. The van der Waals surface area contributed by atoms with Crippen molar-refractivity contribution in [3.05, 3.63) is 63.8 Å². The summed E-state index contributed by atoms with van der Waals surface area (Å²) in [5.74, 6) is -0.272. The van der Waals surface area contributed by atoms with Gasteiger partial charge in [0.25, 0.3) is 0 Å². The summed E-state index contributed by atoms with van der Waals surface area (Å²) >= 11 is 0. The molecule has 7 heteroatoms. The number of nitrogens with one attached hydrogen (secondary N) is 1. The van der Waals surface area contributed by atoms with E-state index in [1.54, 1.807) is 29.0 Å². The second-order valence-corrected chi connectivity index (χ2v) is 7.42. The second kappa shape index (κ2) is 10.2. The predicted octanol–water partition coefficient (Wildman–Crippen LogP) is 2.69. The molecule has 0 radical (unpaired) electrons. The van der Waals surface area contributed by atoms with E-state index in [4.69, 9.17) is 4.74 Å². The van der Waals surface area contributed by atoms with E-state index >= 15 is 0 Å². The predicted molar refractivity (Wildman–Crippen MR) is 109 cm³/mol. The fourth-order valence-corrected chi connectivity index (χ4v) is 3.57. The molecule has 0 spiro atoms. The summed E-state index contributed by atoms with van der Waals surface area (Å²) in [5.41, 5.74) is 1.44. The first-order valence-electron chi connectivity index (χ1n) is 10.1. The second-order valence-electron chi connectivity index (χ2n) is 7.42. The van der Waals surface area contributed by atoms with Crippen LogP contribution in [0.1, 0.15) is 36.9 Å². The number of halogens is 1. The number of rotatable bonds is 7. The molecule has 29 heavy (non-hydrogen) atoms. The molecule has 6 nitrogen and oxygen atoms in total. The summed E-state index contributed by atoms with van der Waals surface area (Å²) in [4.78, 5) is 27.1. The fraction of sp³-hybridized carbons (Fsp3) is 0.455. The van der Waals surface area contributed by atoms with Crippen LogP contribution in [0.3, 0.4) is 0 Å². The molecule has 0 unspecified atom stereocenters. The number of carbonyl (C=O) groups excluding carboxylic acids is 1. The highest BCUT2D eigenvalue weighted by atomic mass is 19.1. The lowest BCUT2D eigenvalue weighted by molar-refractivity contribution is -0.121. The number of hydrogen-bond acceptors (Lipinski definition) is 4. The average molecular weight is 401 g/mol. The van der Waals surface area contributed by atoms with Gasteiger partial charge < -0.3 is 14.6 Å². The molecule has 1 aromatic carbocycles. The van der Waals surface area contributed by atoms with Gasteiger partial charge in [0.15, 0.2) is 5.75 Å². The van der Waals surface area contributed by atoms with Crippen LogP contribution in [0.2, 0.25) is 0 Å². The summed E-state index contributed by atoms with van der Waals surface area (Å²) in [6.07, 6.45) is 6.37. The van der Waals surface area contributed by atoms with E-state index in [0.29, 0.717) is 13.1 Å². The molecule has 1 N–H and O–H groups in total. The Morgan fingerprint density at radius 3 is 2.48 bits per heavy atom. The summed E-state index contributed by atoms with van der Waals surface area (Å²) in [7, 11) is 1.45. The van der Waals surface area contributed by atoms with Gasteiger partial charge in [-0.05, 0) is 43.6 Å². The van der Waals surface area contributed by atoms with Gasteiger partial charge in [-0.2, -0.15) is 0 Å². The first-order chi connectivity index (χ1) is 14.0. The number of amides is 1. The van der Waals surface area contributed by atoms with Crippen LogP contribution in [-0.2, 0) is 24.4 Å². The number of aromatic nitrogens is 1. The normalized spacial score (nSPS) is 15.0. The largest absolute Gasteiger partial charge is 0.491 e. The van der Waals surface area contributed by atoms with Crippen LogP contribution in [0.5, 0.6) is 5.75 Å². The van der Waals surface area contributed by atoms with Gasteiger partial charge in [-0.25, -0.2) is 4.39 Å². The Bertz CT molecular complexity index is 872. The molecule has 1 amide bonds. The van der Waals surface area contributed by atoms with Crippen molar-refractivity contribution in [3.8, 4) is 5.75 Å². The maximum Gasteiger partial charge on any atom is 0.240 e. The molecule has 1 saturated heterocycles. The number of hydrogen-bond donors (Lipinski definition) is 1. The quantitative estimate of drug-likeness (QED) is 0.775. The first kappa shape index (κ1) is 21.0. The Labute approximate surface area is 170 Å². The van der Waals surface area contributed by atoms with E-state index < -0.39 is 0 Å². The van der Waals surface area contributed by atoms with Crippen LogP contribution < -0.4 is 15.5 Å². The van der Waals surface area contributed by atoms with E-state index in [-0.39, 0.29) is 29.4 Å². The van der Waals surface area contributed by atoms with Gasteiger partial charge in [0.05, 0.1) is 13.3 Å². The number of benzene rings is 1. The van der Waals surface area contributed by atoms with Crippen molar-refractivity contribution in [1.29, 1.82) is 0 Å². The van der Waals surface area contributed by atoms with Crippen molar-refractivity contribution in [3.63, 3.8) is 0 Å². The van der Waals surface area contributed by atoms with Gasteiger partial charge in [-0.1, -0.05) is 25.0 Å². The van der Waals surface area contributed by atoms with Crippen molar-refractivity contribution in [2.75, 3.05) is 20.2 Å². The van der Waals surface area contributed by atoms with Crippen molar-refractivity contribution >= 4 is 5.91 Å². The van der Waals surface area contributed by atoms with Crippen molar-refractivity contribution in [2.24, 2.45) is 0 Å². The zero-order valence-corrected chi connectivity index (χ0v) is 16.8. The number of likely N-dealkylation sites (tertiary alicyclic amines) is 1.